The van der Waals surface area contributed by atoms with Gasteiger partial charge in [-0.25, -0.2) is 0 Å². The summed E-state index contributed by atoms with van der Waals surface area (Å²) in [7, 11) is 3.07. The van der Waals surface area contributed by atoms with E-state index in [-0.39, 0.29) is 23.5 Å². The Morgan fingerprint density at radius 3 is 2.68 bits per heavy atom. The van der Waals surface area contributed by atoms with Crippen molar-refractivity contribution in [3.63, 3.8) is 0 Å². The molecule has 5 heteroatoms. The lowest BCUT2D eigenvalue weighted by Gasteiger charge is -2.27. The van der Waals surface area contributed by atoms with Gasteiger partial charge in [-0.1, -0.05) is 18.2 Å². The van der Waals surface area contributed by atoms with Crippen molar-refractivity contribution in [3.8, 4) is 23.0 Å². The van der Waals surface area contributed by atoms with Gasteiger partial charge in [0.1, 0.15) is 34.7 Å². The van der Waals surface area contributed by atoms with Gasteiger partial charge in [-0.3, -0.25) is 4.79 Å². The second-order valence-electron chi connectivity index (χ2n) is 5.00. The third kappa shape index (κ3) is 2.35. The number of ketones is 1. The van der Waals surface area contributed by atoms with Gasteiger partial charge in [-0.2, -0.15) is 0 Å². The van der Waals surface area contributed by atoms with Crippen LogP contribution in [0.1, 0.15) is 28.4 Å². The summed E-state index contributed by atoms with van der Waals surface area (Å²) in [5, 5.41) is 9.99. The second kappa shape index (κ2) is 5.60. The molecule has 0 spiro atoms. The molecule has 3 rings (SSSR count). The molecule has 22 heavy (non-hydrogen) atoms. The van der Waals surface area contributed by atoms with Crippen LogP contribution in [-0.4, -0.2) is 25.1 Å². The zero-order chi connectivity index (χ0) is 15.7. The van der Waals surface area contributed by atoms with Crippen LogP contribution in [0, 0.1) is 0 Å². The van der Waals surface area contributed by atoms with Gasteiger partial charge in [-0.05, 0) is 6.07 Å². The first kappa shape index (κ1) is 14.3. The SMILES string of the molecule is COc1cc(O)c2c(c1)OC(c1ccccc1OC)CC2=O. The Hall–Kier alpha value is -2.69. The number of benzene rings is 2. The van der Waals surface area contributed by atoms with Crippen molar-refractivity contribution in [3.05, 3.63) is 47.5 Å². The van der Waals surface area contributed by atoms with Gasteiger partial charge >= 0.3 is 0 Å². The quantitative estimate of drug-likeness (QED) is 0.943. The Labute approximate surface area is 128 Å². The highest BCUT2D eigenvalue weighted by atomic mass is 16.5. The van der Waals surface area contributed by atoms with E-state index in [1.807, 2.05) is 24.3 Å². The number of hydrogen-bond donors (Lipinski definition) is 1. The van der Waals surface area contributed by atoms with Crippen molar-refractivity contribution in [2.24, 2.45) is 0 Å². The van der Waals surface area contributed by atoms with Crippen LogP contribution in [0.5, 0.6) is 23.0 Å². The molecule has 2 aromatic carbocycles. The highest BCUT2D eigenvalue weighted by Gasteiger charge is 2.32. The van der Waals surface area contributed by atoms with E-state index < -0.39 is 6.10 Å². The van der Waals surface area contributed by atoms with E-state index in [1.54, 1.807) is 13.2 Å². The zero-order valence-corrected chi connectivity index (χ0v) is 12.3. The Bertz CT molecular complexity index is 723. The average Bonchev–Trinajstić information content (AvgIpc) is 2.53. The van der Waals surface area contributed by atoms with Crippen molar-refractivity contribution in [2.45, 2.75) is 12.5 Å². The molecule has 0 fully saturated rings. The minimum Gasteiger partial charge on any atom is -0.507 e. The fourth-order valence-corrected chi connectivity index (χ4v) is 2.64. The lowest BCUT2D eigenvalue weighted by molar-refractivity contribution is 0.0841. The number of phenols is 1. The first-order valence-electron chi connectivity index (χ1n) is 6.87. The third-order valence-electron chi connectivity index (χ3n) is 3.70. The number of aromatic hydroxyl groups is 1. The number of carbonyl (C=O) groups excluding carboxylic acids is 1. The maximum Gasteiger partial charge on any atom is 0.174 e. The van der Waals surface area contributed by atoms with Gasteiger partial charge in [0.25, 0.3) is 0 Å². The van der Waals surface area contributed by atoms with Crippen LogP contribution in [0.3, 0.4) is 0 Å². The summed E-state index contributed by atoms with van der Waals surface area (Å²) in [6, 6.07) is 10.4. The molecule has 1 N–H and O–H groups in total. The van der Waals surface area contributed by atoms with Crippen LogP contribution in [-0.2, 0) is 0 Å². The molecule has 1 atom stereocenters. The Morgan fingerprint density at radius 1 is 1.18 bits per heavy atom. The third-order valence-corrected chi connectivity index (χ3v) is 3.70. The predicted octanol–water partition coefficient (Wildman–Crippen LogP) is 3.12. The minimum absolute atomic E-state index is 0.127. The second-order valence-corrected chi connectivity index (χ2v) is 5.00. The number of carbonyl (C=O) groups is 1. The van der Waals surface area contributed by atoms with E-state index in [0.29, 0.717) is 17.2 Å². The zero-order valence-electron chi connectivity index (χ0n) is 12.3. The minimum atomic E-state index is -0.456. The summed E-state index contributed by atoms with van der Waals surface area (Å²) in [6.45, 7) is 0. The smallest absolute Gasteiger partial charge is 0.174 e. The Morgan fingerprint density at radius 2 is 1.95 bits per heavy atom. The fourth-order valence-electron chi connectivity index (χ4n) is 2.64. The maximum atomic E-state index is 12.4. The molecule has 1 unspecified atom stereocenters. The van der Waals surface area contributed by atoms with Gasteiger partial charge in [0.2, 0.25) is 0 Å². The number of hydrogen-bond acceptors (Lipinski definition) is 5. The molecule has 0 amide bonds. The fraction of sp³-hybridized carbons (Fsp3) is 0.235. The van der Waals surface area contributed by atoms with E-state index in [4.69, 9.17) is 14.2 Å². The molecule has 114 valence electrons. The van der Waals surface area contributed by atoms with Crippen molar-refractivity contribution in [1.82, 2.24) is 0 Å². The largest absolute Gasteiger partial charge is 0.507 e. The van der Waals surface area contributed by atoms with Crippen molar-refractivity contribution in [1.29, 1.82) is 0 Å². The molecule has 2 aromatic rings. The van der Waals surface area contributed by atoms with Gasteiger partial charge in [0.05, 0.1) is 20.6 Å². The highest BCUT2D eigenvalue weighted by molar-refractivity contribution is 6.02. The molecule has 0 saturated heterocycles. The van der Waals surface area contributed by atoms with Gasteiger partial charge in [0.15, 0.2) is 5.78 Å². The van der Waals surface area contributed by atoms with E-state index in [9.17, 15) is 9.90 Å². The van der Waals surface area contributed by atoms with Crippen LogP contribution in [0.25, 0.3) is 0 Å². The summed E-state index contributed by atoms with van der Waals surface area (Å²) < 4.78 is 16.3. The number of methoxy groups -OCH3 is 2. The molecule has 0 radical (unpaired) electrons. The molecule has 0 saturated carbocycles. The van der Waals surface area contributed by atoms with Crippen molar-refractivity contribution < 1.29 is 24.1 Å². The molecule has 1 aliphatic rings. The van der Waals surface area contributed by atoms with E-state index in [1.165, 1.54) is 13.2 Å². The Kier molecular flexibility index (Phi) is 3.63. The summed E-state index contributed by atoms with van der Waals surface area (Å²) in [5.41, 5.74) is 0.998. The number of Topliss-reactive ketones (excluding diaryl/α,β-unsaturated/α-hetero) is 1. The van der Waals surface area contributed by atoms with E-state index in [0.717, 1.165) is 5.56 Å². The number of fused-ring (bicyclic) bond motifs is 1. The number of ether oxygens (including phenoxy) is 3. The predicted molar refractivity (Wildman–Crippen MR) is 80.0 cm³/mol. The van der Waals surface area contributed by atoms with Crippen LogP contribution < -0.4 is 14.2 Å². The molecular formula is C17H16O5. The summed E-state index contributed by atoms with van der Waals surface area (Å²) >= 11 is 0. The molecule has 1 heterocycles. The Balaban J connectivity index is 2.03. The summed E-state index contributed by atoms with van der Waals surface area (Å²) in [4.78, 5) is 12.4. The summed E-state index contributed by atoms with van der Waals surface area (Å²) in [6.07, 6.45) is -0.310. The van der Waals surface area contributed by atoms with Crippen LogP contribution in [0.2, 0.25) is 0 Å². The average molecular weight is 300 g/mol. The monoisotopic (exact) mass is 300 g/mol. The number of para-hydroxylation sites is 1. The first-order chi connectivity index (χ1) is 10.6. The maximum absolute atomic E-state index is 12.4. The summed E-state index contributed by atoms with van der Waals surface area (Å²) in [5.74, 6) is 1.12. The number of rotatable bonds is 3. The van der Waals surface area contributed by atoms with Gasteiger partial charge in [-0.15, -0.1) is 0 Å². The molecule has 1 aliphatic heterocycles. The van der Waals surface area contributed by atoms with E-state index >= 15 is 0 Å². The molecule has 5 nitrogen and oxygen atoms in total. The first-order valence-corrected chi connectivity index (χ1v) is 6.87. The van der Waals surface area contributed by atoms with Crippen LogP contribution in [0.4, 0.5) is 0 Å². The van der Waals surface area contributed by atoms with Crippen molar-refractivity contribution in [2.75, 3.05) is 14.2 Å². The molecule has 0 aromatic heterocycles. The topological polar surface area (TPSA) is 65.0 Å². The lowest BCUT2D eigenvalue weighted by atomic mass is 9.95. The molecule has 0 bridgehead atoms. The molecular weight excluding hydrogens is 284 g/mol. The van der Waals surface area contributed by atoms with Crippen molar-refractivity contribution >= 4 is 5.78 Å². The highest BCUT2D eigenvalue weighted by Crippen LogP contribution is 2.43. The lowest BCUT2D eigenvalue weighted by Crippen LogP contribution is -2.21. The van der Waals surface area contributed by atoms with E-state index in [2.05, 4.69) is 0 Å². The van der Waals surface area contributed by atoms with Gasteiger partial charge < -0.3 is 19.3 Å². The van der Waals surface area contributed by atoms with Gasteiger partial charge in [0, 0.05) is 17.7 Å². The standard InChI is InChI=1S/C17H16O5/c1-20-10-7-12(18)17-13(19)9-15(22-16(17)8-10)11-5-3-4-6-14(11)21-2/h3-8,15,18H,9H2,1-2H3. The number of phenolic OH excluding ortho intramolecular Hbond substituents is 1. The molecule has 0 aliphatic carbocycles. The van der Waals surface area contributed by atoms with Crippen LogP contribution >= 0.6 is 0 Å². The van der Waals surface area contributed by atoms with Crippen LogP contribution in [0.15, 0.2) is 36.4 Å². The normalized spacial score (nSPS) is 16.6.